The first kappa shape index (κ1) is 20.7. The summed E-state index contributed by atoms with van der Waals surface area (Å²) >= 11 is 6.18. The van der Waals surface area contributed by atoms with Crippen LogP contribution in [-0.4, -0.2) is 0 Å². The average molecular weight is 429 g/mol. The molecule has 1 N–H and O–H groups in total. The predicted octanol–water partition coefficient (Wildman–Crippen LogP) is 6.78. The van der Waals surface area contributed by atoms with Crippen LogP contribution in [0.1, 0.15) is 35.2 Å². The molecule has 0 aliphatic rings. The van der Waals surface area contributed by atoms with Crippen molar-refractivity contribution in [1.82, 2.24) is 0 Å². The second-order valence-electron chi connectivity index (χ2n) is 7.62. The summed E-state index contributed by atoms with van der Waals surface area (Å²) < 4.78 is 6.35. The van der Waals surface area contributed by atoms with Gasteiger partial charge in [-0.3, -0.25) is 4.79 Å². The normalized spacial score (nSPS) is 11.8. The van der Waals surface area contributed by atoms with Crippen LogP contribution >= 0.6 is 11.6 Å². The first-order valence-electron chi connectivity index (χ1n) is 9.99. The summed E-state index contributed by atoms with van der Waals surface area (Å²) in [5, 5.41) is 13.8. The molecule has 0 amide bonds. The van der Waals surface area contributed by atoms with Crippen LogP contribution in [0.4, 0.5) is 5.69 Å². The highest BCUT2D eigenvalue weighted by Crippen LogP contribution is 2.33. The number of hydrogen-bond donors (Lipinski definition) is 1. The van der Waals surface area contributed by atoms with Gasteiger partial charge in [0.2, 0.25) is 0 Å². The van der Waals surface area contributed by atoms with E-state index in [1.54, 1.807) is 19.1 Å². The van der Waals surface area contributed by atoms with Crippen LogP contribution in [0.5, 0.6) is 0 Å². The summed E-state index contributed by atoms with van der Waals surface area (Å²) in [5.41, 5.74) is 4.75. The van der Waals surface area contributed by atoms with Crippen molar-refractivity contribution in [3.63, 3.8) is 0 Å². The average Bonchev–Trinajstić information content (AvgIpc) is 2.77. The monoisotopic (exact) mass is 428 g/mol. The number of hydrogen-bond acceptors (Lipinski definition) is 4. The molecule has 31 heavy (non-hydrogen) atoms. The van der Waals surface area contributed by atoms with Crippen molar-refractivity contribution < 1.29 is 4.42 Å². The lowest BCUT2D eigenvalue weighted by Crippen LogP contribution is -2.13. The van der Waals surface area contributed by atoms with Gasteiger partial charge in [-0.25, -0.2) is 0 Å². The summed E-state index contributed by atoms with van der Waals surface area (Å²) in [6, 6.07) is 20.7. The van der Waals surface area contributed by atoms with Gasteiger partial charge in [0.1, 0.15) is 17.4 Å². The lowest BCUT2D eigenvalue weighted by atomic mass is 9.98. The maximum absolute atomic E-state index is 13.2. The van der Waals surface area contributed by atoms with Crippen LogP contribution in [0, 0.1) is 25.2 Å². The van der Waals surface area contributed by atoms with Gasteiger partial charge >= 0.3 is 0 Å². The number of halogens is 1. The van der Waals surface area contributed by atoms with Gasteiger partial charge in [0.25, 0.3) is 0 Å². The Kier molecular flexibility index (Phi) is 5.54. The minimum atomic E-state index is -0.234. The Morgan fingerprint density at radius 2 is 1.81 bits per heavy atom. The Labute approximate surface area is 185 Å². The van der Waals surface area contributed by atoms with E-state index in [4.69, 9.17) is 16.0 Å². The molecule has 0 aliphatic heterocycles. The Bertz CT molecular complexity index is 1380. The summed E-state index contributed by atoms with van der Waals surface area (Å²) in [7, 11) is 0. The lowest BCUT2D eigenvalue weighted by Gasteiger charge is -2.19. The molecule has 1 atom stereocenters. The minimum absolute atomic E-state index is 0.0438. The number of nitrogens with zero attached hydrogens (tertiary/aromatic N) is 1. The number of fused-ring (bicyclic) bond motifs is 1. The molecule has 1 aromatic heterocycles. The molecule has 0 aliphatic carbocycles. The highest BCUT2D eigenvalue weighted by molar-refractivity contribution is 6.32. The molecule has 4 rings (SSSR count). The van der Waals surface area contributed by atoms with Crippen molar-refractivity contribution >= 4 is 28.3 Å². The number of aryl methyl sites for hydroxylation is 1. The molecule has 4 aromatic rings. The van der Waals surface area contributed by atoms with Crippen LogP contribution in [0.3, 0.4) is 0 Å². The maximum atomic E-state index is 13.2. The van der Waals surface area contributed by atoms with Crippen LogP contribution in [0.2, 0.25) is 5.02 Å². The van der Waals surface area contributed by atoms with Crippen LogP contribution < -0.4 is 10.7 Å². The zero-order chi connectivity index (χ0) is 22.1. The van der Waals surface area contributed by atoms with E-state index in [-0.39, 0.29) is 11.5 Å². The van der Waals surface area contributed by atoms with Gasteiger partial charge in [0, 0.05) is 16.7 Å². The Morgan fingerprint density at radius 3 is 2.52 bits per heavy atom. The summed E-state index contributed by atoms with van der Waals surface area (Å²) in [6.45, 7) is 5.72. The molecular weight excluding hydrogens is 408 g/mol. The van der Waals surface area contributed by atoms with E-state index < -0.39 is 0 Å². The fraction of sp³-hybridized carbons (Fsp3) is 0.154. The standard InChI is InChI=1S/C26H21ClN2O2/c1-15-12-19(17(3)29-23-11-7-10-22(27)21(23)14-28)26-20(13-15)24(30)16(2)25(31-26)18-8-5-4-6-9-18/h4-13,17,29H,1-3H3. The highest BCUT2D eigenvalue weighted by Gasteiger charge is 2.19. The zero-order valence-corrected chi connectivity index (χ0v) is 18.2. The zero-order valence-electron chi connectivity index (χ0n) is 17.5. The number of nitriles is 1. The van der Waals surface area contributed by atoms with E-state index >= 15 is 0 Å². The molecule has 1 heterocycles. The minimum Gasteiger partial charge on any atom is -0.455 e. The Balaban J connectivity index is 1.90. The van der Waals surface area contributed by atoms with E-state index in [2.05, 4.69) is 11.4 Å². The van der Waals surface area contributed by atoms with Crippen molar-refractivity contribution in [2.24, 2.45) is 0 Å². The van der Waals surface area contributed by atoms with Gasteiger partial charge in [0.05, 0.1) is 27.7 Å². The van der Waals surface area contributed by atoms with E-state index in [1.165, 1.54) is 0 Å². The Morgan fingerprint density at radius 1 is 1.06 bits per heavy atom. The molecule has 0 spiro atoms. The van der Waals surface area contributed by atoms with Gasteiger partial charge in [-0.2, -0.15) is 5.26 Å². The van der Waals surface area contributed by atoms with Crippen LogP contribution in [0.15, 0.2) is 69.9 Å². The molecule has 154 valence electrons. The number of anilines is 1. The van der Waals surface area contributed by atoms with Crippen molar-refractivity contribution in [2.75, 3.05) is 5.32 Å². The lowest BCUT2D eigenvalue weighted by molar-refractivity contribution is 0.605. The summed E-state index contributed by atoms with van der Waals surface area (Å²) in [6.07, 6.45) is 0. The maximum Gasteiger partial charge on any atom is 0.196 e. The van der Waals surface area contributed by atoms with Gasteiger partial charge in [-0.05, 0) is 44.5 Å². The number of rotatable bonds is 4. The van der Waals surface area contributed by atoms with Crippen LogP contribution in [-0.2, 0) is 0 Å². The fourth-order valence-electron chi connectivity index (χ4n) is 3.82. The first-order valence-corrected chi connectivity index (χ1v) is 10.4. The van der Waals surface area contributed by atoms with Crippen molar-refractivity contribution in [3.05, 3.63) is 98.2 Å². The molecule has 5 heteroatoms. The van der Waals surface area contributed by atoms with Gasteiger partial charge in [-0.15, -0.1) is 0 Å². The molecule has 3 aromatic carbocycles. The number of nitrogens with one attached hydrogen (secondary N) is 1. The smallest absolute Gasteiger partial charge is 0.196 e. The fourth-order valence-corrected chi connectivity index (χ4v) is 4.04. The van der Waals surface area contributed by atoms with Gasteiger partial charge < -0.3 is 9.73 Å². The second-order valence-corrected chi connectivity index (χ2v) is 8.03. The third-order valence-electron chi connectivity index (χ3n) is 5.39. The third kappa shape index (κ3) is 3.81. The third-order valence-corrected chi connectivity index (χ3v) is 5.71. The molecule has 1 unspecified atom stereocenters. The van der Waals surface area contributed by atoms with Gasteiger partial charge in [0.15, 0.2) is 5.43 Å². The largest absolute Gasteiger partial charge is 0.455 e. The molecule has 0 radical (unpaired) electrons. The molecule has 0 saturated heterocycles. The molecule has 0 bridgehead atoms. The van der Waals surface area contributed by atoms with E-state index in [0.29, 0.717) is 38.6 Å². The SMILES string of the molecule is Cc1cc(C(C)Nc2cccc(Cl)c2C#N)c2oc(-c3ccccc3)c(C)c(=O)c2c1. The highest BCUT2D eigenvalue weighted by atomic mass is 35.5. The molecule has 0 fully saturated rings. The molecule has 4 nitrogen and oxygen atoms in total. The first-order chi connectivity index (χ1) is 14.9. The van der Waals surface area contributed by atoms with E-state index in [9.17, 15) is 10.1 Å². The van der Waals surface area contributed by atoms with Crippen LogP contribution in [0.25, 0.3) is 22.3 Å². The van der Waals surface area contributed by atoms with Gasteiger partial charge in [-0.1, -0.05) is 54.1 Å². The van der Waals surface area contributed by atoms with Crippen molar-refractivity contribution in [1.29, 1.82) is 5.26 Å². The van der Waals surface area contributed by atoms with Crippen molar-refractivity contribution in [3.8, 4) is 17.4 Å². The topological polar surface area (TPSA) is 66.0 Å². The Hall–Kier alpha value is -3.55. The quantitative estimate of drug-likeness (QED) is 0.389. The second kappa shape index (κ2) is 8.29. The van der Waals surface area contributed by atoms with E-state index in [1.807, 2.05) is 62.4 Å². The summed E-state index contributed by atoms with van der Waals surface area (Å²) in [4.78, 5) is 13.2. The summed E-state index contributed by atoms with van der Waals surface area (Å²) in [5.74, 6) is 0.566. The van der Waals surface area contributed by atoms with Crippen molar-refractivity contribution in [2.45, 2.75) is 26.8 Å². The van der Waals surface area contributed by atoms with E-state index in [0.717, 1.165) is 16.7 Å². The number of benzene rings is 3. The molecular formula is C26H21ClN2O2. The molecule has 0 saturated carbocycles. The predicted molar refractivity (Wildman–Crippen MR) is 126 cm³/mol.